The van der Waals surface area contributed by atoms with E-state index in [1.165, 1.54) is 21.8 Å². The number of aryl methyl sites for hydroxylation is 2. The van der Waals surface area contributed by atoms with E-state index in [0.29, 0.717) is 12.1 Å². The third kappa shape index (κ3) is 5.34. The maximum atomic E-state index is 13.0. The Morgan fingerprint density at radius 2 is 1.31 bits per heavy atom. The van der Waals surface area contributed by atoms with Gasteiger partial charge in [-0.05, 0) is 67.8 Å². The van der Waals surface area contributed by atoms with Crippen LogP contribution in [0.15, 0.2) is 103 Å². The highest BCUT2D eigenvalue weighted by Gasteiger charge is 2.18. The van der Waals surface area contributed by atoms with Gasteiger partial charge in [0.25, 0.3) is 0 Å². The molecule has 39 heavy (non-hydrogen) atoms. The third-order valence-electron chi connectivity index (χ3n) is 7.47. The number of rotatable bonds is 10. The summed E-state index contributed by atoms with van der Waals surface area (Å²) < 4.78 is 12.0. The third-order valence-corrected chi connectivity index (χ3v) is 7.47. The molecule has 0 aliphatic carbocycles. The van der Waals surface area contributed by atoms with Gasteiger partial charge in [0.1, 0.15) is 5.75 Å². The van der Waals surface area contributed by atoms with Crippen LogP contribution in [0, 0.1) is 0 Å². The Hall–Kier alpha value is -3.90. The molecule has 0 unspecified atom stereocenters. The number of nitrogens with zero attached hydrogens (tertiary/aromatic N) is 3. The number of carbonyl (C=O) groups is 1. The van der Waals surface area contributed by atoms with Crippen molar-refractivity contribution in [1.29, 1.82) is 0 Å². The van der Waals surface area contributed by atoms with E-state index in [-0.39, 0.29) is 22.8 Å². The summed E-state index contributed by atoms with van der Waals surface area (Å²) in [6.07, 6.45) is 5.44. The smallest absolute Gasteiger partial charge is 0.245 e. The Labute approximate surface area is 239 Å². The van der Waals surface area contributed by atoms with Gasteiger partial charge in [-0.1, -0.05) is 48.5 Å². The molecule has 198 valence electrons. The number of aromatic nitrogens is 3. The zero-order valence-corrected chi connectivity index (χ0v) is 23.7. The topological polar surface area (TPSA) is 40.0 Å². The first-order valence-corrected chi connectivity index (χ1v) is 13.3. The minimum Gasteiger partial charge on any atom is -1.00 e. The lowest BCUT2D eigenvalue weighted by Crippen LogP contribution is -3.00. The lowest BCUT2D eigenvalue weighted by Gasteiger charge is -2.07. The first-order chi connectivity index (χ1) is 18.7. The summed E-state index contributed by atoms with van der Waals surface area (Å²) in [5.41, 5.74) is 5.57. The summed E-state index contributed by atoms with van der Waals surface area (Å²) in [7, 11) is 1.63. The van der Waals surface area contributed by atoms with Crippen molar-refractivity contribution in [2.45, 2.75) is 38.9 Å². The van der Waals surface area contributed by atoms with Gasteiger partial charge in [-0.3, -0.25) is 4.79 Å². The number of Topliss-reactive ketones (excluding diaryl/α,β-unsaturated/α-hetero) is 1. The van der Waals surface area contributed by atoms with Crippen molar-refractivity contribution in [3.63, 3.8) is 0 Å². The molecule has 6 rings (SSSR count). The molecule has 6 heteroatoms. The highest BCUT2D eigenvalue weighted by molar-refractivity contribution is 6.07. The Morgan fingerprint density at radius 1 is 0.718 bits per heavy atom. The van der Waals surface area contributed by atoms with Crippen molar-refractivity contribution in [1.82, 2.24) is 9.13 Å². The number of ether oxygens (including phenoxy) is 1. The summed E-state index contributed by atoms with van der Waals surface area (Å²) in [6.45, 7) is 2.25. The standard InChI is InChI=1S/C33H32N3O2.BrH/c1-38-26-19-17-25(18-20-26)33(37)23-35-24-34(31-15-7-8-16-32(31)35)21-9-2-10-22-36-29-13-5-3-11-27(29)28-12-4-6-14-30(28)36;/h3-8,11-20,24H,2,9-10,21-23H2,1H3;1H/q+1;/p-1. The minimum atomic E-state index is 0. The second kappa shape index (κ2) is 11.9. The van der Waals surface area contributed by atoms with Gasteiger partial charge < -0.3 is 26.3 Å². The highest BCUT2D eigenvalue weighted by atomic mass is 79.9. The number of carbonyl (C=O) groups excluding carboxylic acids is 1. The van der Waals surface area contributed by atoms with Crippen LogP contribution < -0.4 is 26.3 Å². The number of benzene rings is 4. The quantitative estimate of drug-likeness (QED) is 0.140. The van der Waals surface area contributed by atoms with Gasteiger partial charge in [-0.15, -0.1) is 0 Å². The number of ketones is 1. The maximum absolute atomic E-state index is 13.0. The summed E-state index contributed by atoms with van der Waals surface area (Å²) in [4.78, 5) is 13.0. The molecule has 0 aliphatic rings. The fourth-order valence-electron chi connectivity index (χ4n) is 5.54. The van der Waals surface area contributed by atoms with Gasteiger partial charge in [0, 0.05) is 33.9 Å². The molecule has 0 fully saturated rings. The maximum Gasteiger partial charge on any atom is 0.245 e. The molecule has 0 aliphatic heterocycles. The van der Waals surface area contributed by atoms with Gasteiger partial charge in [-0.25, -0.2) is 9.13 Å². The van der Waals surface area contributed by atoms with Crippen LogP contribution >= 0.6 is 0 Å². The number of unbranched alkanes of at least 4 members (excludes halogenated alkanes) is 2. The average Bonchev–Trinajstić information content (AvgIpc) is 3.48. The van der Waals surface area contributed by atoms with Crippen molar-refractivity contribution < 1.29 is 31.1 Å². The first-order valence-electron chi connectivity index (χ1n) is 13.3. The molecule has 4 aromatic carbocycles. The number of hydrogen-bond donors (Lipinski definition) is 0. The van der Waals surface area contributed by atoms with Crippen LogP contribution in [0.4, 0.5) is 0 Å². The monoisotopic (exact) mass is 581 g/mol. The Bertz CT molecular complexity index is 1680. The largest absolute Gasteiger partial charge is 1.00 e. The van der Waals surface area contributed by atoms with Gasteiger partial charge in [0.15, 0.2) is 17.6 Å². The van der Waals surface area contributed by atoms with E-state index in [1.807, 2.05) is 30.3 Å². The van der Waals surface area contributed by atoms with Crippen molar-refractivity contribution in [2.75, 3.05) is 7.11 Å². The van der Waals surface area contributed by atoms with Crippen LogP contribution in [0.3, 0.4) is 0 Å². The highest BCUT2D eigenvalue weighted by Crippen LogP contribution is 2.29. The van der Waals surface area contributed by atoms with Crippen LogP contribution in [0.2, 0.25) is 0 Å². The molecule has 5 nitrogen and oxygen atoms in total. The molecule has 0 bridgehead atoms. The number of halogens is 1. The summed E-state index contributed by atoms with van der Waals surface area (Å²) in [5, 5.41) is 2.66. The molecule has 0 spiro atoms. The number of para-hydroxylation sites is 4. The van der Waals surface area contributed by atoms with E-state index in [4.69, 9.17) is 4.74 Å². The molecule has 2 heterocycles. The Morgan fingerprint density at radius 3 is 1.97 bits per heavy atom. The molecule has 0 atom stereocenters. The molecule has 0 N–H and O–H groups in total. The molecule has 6 aromatic rings. The van der Waals surface area contributed by atoms with Crippen LogP contribution in [0.5, 0.6) is 5.75 Å². The summed E-state index contributed by atoms with van der Waals surface area (Å²) in [5.74, 6) is 0.843. The molecular formula is C33H32BrN3O2. The minimum absolute atomic E-state index is 0. The van der Waals surface area contributed by atoms with Gasteiger partial charge in [0.05, 0.1) is 13.7 Å². The molecule has 0 amide bonds. The Balaban J connectivity index is 0.00000308. The average molecular weight is 583 g/mol. The van der Waals surface area contributed by atoms with Gasteiger partial charge in [0.2, 0.25) is 12.1 Å². The molecule has 0 saturated heterocycles. The van der Waals surface area contributed by atoms with Crippen molar-refractivity contribution in [3.8, 4) is 5.75 Å². The van der Waals surface area contributed by atoms with Crippen LogP contribution in [-0.4, -0.2) is 22.0 Å². The van der Waals surface area contributed by atoms with E-state index in [9.17, 15) is 4.79 Å². The predicted octanol–water partition coefficient (Wildman–Crippen LogP) is 3.80. The molecule has 2 aromatic heterocycles. The zero-order valence-electron chi connectivity index (χ0n) is 22.1. The summed E-state index contributed by atoms with van der Waals surface area (Å²) in [6, 6.07) is 33.1. The van der Waals surface area contributed by atoms with Gasteiger partial charge >= 0.3 is 0 Å². The predicted molar refractivity (Wildman–Crippen MR) is 153 cm³/mol. The lowest BCUT2D eigenvalue weighted by molar-refractivity contribution is -0.658. The fourth-order valence-corrected chi connectivity index (χ4v) is 5.54. The second-order valence-electron chi connectivity index (χ2n) is 9.82. The second-order valence-corrected chi connectivity index (χ2v) is 9.82. The number of fused-ring (bicyclic) bond motifs is 4. The number of methoxy groups -OCH3 is 1. The lowest BCUT2D eigenvalue weighted by atomic mass is 10.1. The zero-order chi connectivity index (χ0) is 25.9. The normalized spacial score (nSPS) is 11.2. The Kier molecular flexibility index (Phi) is 8.13. The molecular weight excluding hydrogens is 550 g/mol. The van der Waals surface area contributed by atoms with Crippen molar-refractivity contribution in [3.05, 3.63) is 109 Å². The van der Waals surface area contributed by atoms with Crippen LogP contribution in [-0.2, 0) is 19.6 Å². The summed E-state index contributed by atoms with van der Waals surface area (Å²) >= 11 is 0. The van der Waals surface area contributed by atoms with E-state index in [2.05, 4.69) is 86.8 Å². The van der Waals surface area contributed by atoms with E-state index in [0.717, 1.165) is 49.1 Å². The van der Waals surface area contributed by atoms with Crippen molar-refractivity contribution in [2.24, 2.45) is 0 Å². The number of imidazole rings is 1. The number of hydrogen-bond acceptors (Lipinski definition) is 2. The van der Waals surface area contributed by atoms with E-state index in [1.54, 1.807) is 7.11 Å². The van der Waals surface area contributed by atoms with Crippen LogP contribution in [0.25, 0.3) is 32.8 Å². The van der Waals surface area contributed by atoms with E-state index >= 15 is 0 Å². The fraction of sp³-hybridized carbons (Fsp3) is 0.212. The molecule has 0 radical (unpaired) electrons. The molecule has 0 saturated carbocycles. The first kappa shape index (κ1) is 26.7. The van der Waals surface area contributed by atoms with Gasteiger partial charge in [-0.2, -0.15) is 0 Å². The van der Waals surface area contributed by atoms with Crippen molar-refractivity contribution >= 4 is 38.6 Å². The van der Waals surface area contributed by atoms with E-state index < -0.39 is 0 Å². The SMILES string of the molecule is COc1ccc(C(=O)C[n+]2cn(CCCCCn3c4ccccc4c4ccccc43)c3ccccc32)cc1.[Br-]. The van der Waals surface area contributed by atoms with Crippen LogP contribution in [0.1, 0.15) is 29.6 Å².